The molecule has 3 aromatic carbocycles. The standard InChI is InChI=1S/C28H26Cl3N3O2.C2H6/c1-2-33-13-12-17(10-11-26(33)35)18-14-20(19-6-3-4-7-22(19)29)21-16-32-28(36)34(25(21)15-18)27-23(30)8-5-9-24(27)31;1-2/h3-9,14-15,17H,2,10-13,16H2,1H3,(H,32,36);1-2H3. The summed E-state index contributed by atoms with van der Waals surface area (Å²) in [5.41, 5.74) is 5.00. The van der Waals surface area contributed by atoms with E-state index in [1.54, 1.807) is 23.1 Å². The summed E-state index contributed by atoms with van der Waals surface area (Å²) in [5, 5.41) is 4.37. The highest BCUT2D eigenvalue weighted by Gasteiger charge is 2.33. The Morgan fingerprint density at radius 1 is 0.895 bits per heavy atom. The van der Waals surface area contributed by atoms with E-state index in [1.807, 2.05) is 49.9 Å². The van der Waals surface area contributed by atoms with Crippen LogP contribution in [0.2, 0.25) is 15.1 Å². The van der Waals surface area contributed by atoms with Crippen LogP contribution in [0.3, 0.4) is 0 Å². The number of fused-ring (bicyclic) bond motifs is 1. The van der Waals surface area contributed by atoms with E-state index in [0.29, 0.717) is 46.8 Å². The molecule has 3 aromatic rings. The maximum Gasteiger partial charge on any atom is 0.326 e. The summed E-state index contributed by atoms with van der Waals surface area (Å²) in [6, 6.07) is 16.8. The molecule has 0 bridgehead atoms. The van der Waals surface area contributed by atoms with Crippen LogP contribution in [0.1, 0.15) is 57.1 Å². The molecule has 0 aliphatic carbocycles. The van der Waals surface area contributed by atoms with Crippen LogP contribution < -0.4 is 10.2 Å². The van der Waals surface area contributed by atoms with E-state index in [-0.39, 0.29) is 17.9 Å². The lowest BCUT2D eigenvalue weighted by Gasteiger charge is -2.34. The minimum atomic E-state index is -0.298. The third-order valence-electron chi connectivity index (χ3n) is 7.09. The van der Waals surface area contributed by atoms with Gasteiger partial charge in [-0.1, -0.05) is 79.0 Å². The van der Waals surface area contributed by atoms with Crippen LogP contribution in [-0.4, -0.2) is 29.9 Å². The van der Waals surface area contributed by atoms with Gasteiger partial charge in [-0.05, 0) is 61.1 Å². The number of hydrogen-bond donors (Lipinski definition) is 1. The second-order valence-electron chi connectivity index (χ2n) is 9.11. The monoisotopic (exact) mass is 571 g/mol. The lowest BCUT2D eigenvalue weighted by atomic mass is 9.86. The molecule has 200 valence electrons. The Hall–Kier alpha value is -2.73. The van der Waals surface area contributed by atoms with Gasteiger partial charge in [0.15, 0.2) is 0 Å². The average molecular weight is 573 g/mol. The lowest BCUT2D eigenvalue weighted by molar-refractivity contribution is -0.130. The SMILES string of the molecule is CC.CCN1CCC(c2cc(-c3ccccc3Cl)c3c(c2)N(c2c(Cl)cccc2Cl)C(=O)NC3)CCC1=O. The minimum Gasteiger partial charge on any atom is -0.343 e. The van der Waals surface area contributed by atoms with Crippen LogP contribution in [-0.2, 0) is 11.3 Å². The van der Waals surface area contributed by atoms with Crippen LogP contribution >= 0.6 is 34.8 Å². The molecule has 2 aliphatic rings. The number of nitrogens with one attached hydrogen (secondary N) is 1. The van der Waals surface area contributed by atoms with Crippen LogP contribution in [0.15, 0.2) is 54.6 Å². The van der Waals surface area contributed by atoms with Gasteiger partial charge in [-0.3, -0.25) is 9.69 Å². The Labute approximate surface area is 239 Å². The van der Waals surface area contributed by atoms with Gasteiger partial charge in [0, 0.05) is 42.2 Å². The Kier molecular flexibility index (Phi) is 9.24. The smallest absolute Gasteiger partial charge is 0.326 e. The zero-order valence-corrected chi connectivity index (χ0v) is 24.1. The Morgan fingerprint density at radius 2 is 1.58 bits per heavy atom. The van der Waals surface area contributed by atoms with Gasteiger partial charge in [0.25, 0.3) is 0 Å². The predicted octanol–water partition coefficient (Wildman–Crippen LogP) is 8.82. The number of halogens is 3. The first kappa shape index (κ1) is 28.3. The molecule has 5 nitrogen and oxygen atoms in total. The van der Waals surface area contributed by atoms with Crippen molar-refractivity contribution in [1.82, 2.24) is 10.2 Å². The first-order chi connectivity index (χ1) is 18.4. The number of para-hydroxylation sites is 1. The molecule has 1 N–H and O–H groups in total. The molecular weight excluding hydrogens is 541 g/mol. The van der Waals surface area contributed by atoms with Crippen molar-refractivity contribution in [3.63, 3.8) is 0 Å². The average Bonchev–Trinajstić information content (AvgIpc) is 3.11. The second kappa shape index (κ2) is 12.4. The highest BCUT2D eigenvalue weighted by molar-refractivity contribution is 6.40. The quantitative estimate of drug-likeness (QED) is 0.340. The van der Waals surface area contributed by atoms with Crippen molar-refractivity contribution in [2.75, 3.05) is 18.0 Å². The first-order valence-corrected chi connectivity index (χ1v) is 14.2. The summed E-state index contributed by atoms with van der Waals surface area (Å²) in [5.74, 6) is 0.346. The van der Waals surface area contributed by atoms with Crippen molar-refractivity contribution in [1.29, 1.82) is 0 Å². The van der Waals surface area contributed by atoms with Crippen LogP contribution in [0.25, 0.3) is 11.1 Å². The highest BCUT2D eigenvalue weighted by Crippen LogP contribution is 2.46. The zero-order valence-electron chi connectivity index (χ0n) is 21.9. The maximum atomic E-state index is 13.3. The van der Waals surface area contributed by atoms with Crippen molar-refractivity contribution < 1.29 is 9.59 Å². The van der Waals surface area contributed by atoms with E-state index in [2.05, 4.69) is 17.4 Å². The predicted molar refractivity (Wildman–Crippen MR) is 158 cm³/mol. The fourth-order valence-corrected chi connectivity index (χ4v) is 6.00. The highest BCUT2D eigenvalue weighted by atomic mass is 35.5. The van der Waals surface area contributed by atoms with E-state index in [4.69, 9.17) is 34.8 Å². The van der Waals surface area contributed by atoms with Crippen molar-refractivity contribution >= 4 is 58.1 Å². The largest absolute Gasteiger partial charge is 0.343 e. The second-order valence-corrected chi connectivity index (χ2v) is 10.3. The topological polar surface area (TPSA) is 52.6 Å². The molecule has 0 saturated carbocycles. The van der Waals surface area contributed by atoms with E-state index in [9.17, 15) is 9.59 Å². The third kappa shape index (κ3) is 5.51. The number of carbonyl (C=O) groups is 2. The fourth-order valence-electron chi connectivity index (χ4n) is 5.20. The summed E-state index contributed by atoms with van der Waals surface area (Å²) in [6.07, 6.45) is 2.09. The van der Waals surface area contributed by atoms with Gasteiger partial charge in [-0.15, -0.1) is 0 Å². The molecule has 1 saturated heterocycles. The molecule has 0 spiro atoms. The molecule has 2 heterocycles. The normalized spacial score (nSPS) is 17.3. The molecule has 1 unspecified atom stereocenters. The number of urea groups is 1. The van der Waals surface area contributed by atoms with Gasteiger partial charge in [0.2, 0.25) is 5.91 Å². The zero-order chi connectivity index (χ0) is 27.4. The van der Waals surface area contributed by atoms with Crippen LogP contribution in [0, 0.1) is 0 Å². The van der Waals surface area contributed by atoms with Gasteiger partial charge < -0.3 is 10.2 Å². The summed E-state index contributed by atoms with van der Waals surface area (Å²) < 4.78 is 0. The molecule has 3 amide bonds. The number of rotatable bonds is 4. The summed E-state index contributed by atoms with van der Waals surface area (Å²) in [7, 11) is 0. The molecule has 0 radical (unpaired) electrons. The molecule has 2 aliphatic heterocycles. The minimum absolute atomic E-state index is 0.158. The third-order valence-corrected chi connectivity index (χ3v) is 8.03. The van der Waals surface area contributed by atoms with Gasteiger partial charge in [0.1, 0.15) is 0 Å². The number of anilines is 2. The maximum absolute atomic E-state index is 13.3. The van der Waals surface area contributed by atoms with Crippen molar-refractivity contribution in [3.8, 4) is 11.1 Å². The number of amides is 3. The molecule has 0 aromatic heterocycles. The molecule has 8 heteroatoms. The number of nitrogens with zero attached hydrogens (tertiary/aromatic N) is 2. The van der Waals surface area contributed by atoms with E-state index < -0.39 is 0 Å². The van der Waals surface area contributed by atoms with Gasteiger partial charge in [0.05, 0.1) is 21.4 Å². The number of benzene rings is 3. The van der Waals surface area contributed by atoms with Gasteiger partial charge in [-0.2, -0.15) is 0 Å². The molecule has 5 rings (SSSR count). The molecule has 1 fully saturated rings. The van der Waals surface area contributed by atoms with Crippen LogP contribution in [0.5, 0.6) is 0 Å². The number of likely N-dealkylation sites (tertiary alicyclic amines) is 1. The first-order valence-electron chi connectivity index (χ1n) is 13.1. The summed E-state index contributed by atoms with van der Waals surface area (Å²) in [6.45, 7) is 7.77. The number of carbonyl (C=O) groups excluding carboxylic acids is 2. The van der Waals surface area contributed by atoms with Gasteiger partial charge >= 0.3 is 6.03 Å². The number of hydrogen-bond acceptors (Lipinski definition) is 2. The van der Waals surface area contributed by atoms with E-state index in [0.717, 1.165) is 40.8 Å². The fraction of sp³-hybridized carbons (Fsp3) is 0.333. The molecule has 1 atom stereocenters. The van der Waals surface area contributed by atoms with E-state index >= 15 is 0 Å². The Morgan fingerprint density at radius 3 is 2.26 bits per heavy atom. The van der Waals surface area contributed by atoms with Gasteiger partial charge in [-0.25, -0.2) is 4.79 Å². The van der Waals surface area contributed by atoms with Crippen molar-refractivity contribution in [3.05, 3.63) is 80.8 Å². The van der Waals surface area contributed by atoms with Crippen molar-refractivity contribution in [2.45, 2.75) is 52.5 Å². The van der Waals surface area contributed by atoms with E-state index in [1.165, 1.54) is 0 Å². The summed E-state index contributed by atoms with van der Waals surface area (Å²) >= 11 is 19.8. The Bertz CT molecular complexity index is 1320. The van der Waals surface area contributed by atoms with Crippen LogP contribution in [0.4, 0.5) is 16.2 Å². The lowest BCUT2D eigenvalue weighted by Crippen LogP contribution is -2.41. The summed E-state index contributed by atoms with van der Waals surface area (Å²) in [4.78, 5) is 29.3. The molecule has 38 heavy (non-hydrogen) atoms. The Balaban J connectivity index is 0.00000164. The van der Waals surface area contributed by atoms with Crippen molar-refractivity contribution in [2.24, 2.45) is 0 Å². The molecular formula is C30H32Cl3N3O2.